The van der Waals surface area contributed by atoms with E-state index in [-0.39, 0.29) is 5.78 Å². The standard InChI is InChI=1S/C15H17N3O2/c1-2-18-8-6-17-14(18)10-13(19)11-4-3-5-12-15(11)20-9-7-16-12/h3-6,8,16H,2,7,9-10H2,1H3. The second-order valence-corrected chi connectivity index (χ2v) is 4.69. The number of aromatic nitrogens is 2. The van der Waals surface area contributed by atoms with Crippen LogP contribution in [0, 0.1) is 0 Å². The van der Waals surface area contributed by atoms with Crippen LogP contribution in [0.2, 0.25) is 0 Å². The van der Waals surface area contributed by atoms with Crippen LogP contribution in [0.4, 0.5) is 5.69 Å². The average Bonchev–Trinajstić information content (AvgIpc) is 2.93. The van der Waals surface area contributed by atoms with Crippen LogP contribution in [0.1, 0.15) is 23.1 Å². The molecule has 1 aliphatic rings. The molecule has 104 valence electrons. The Morgan fingerprint density at radius 3 is 3.25 bits per heavy atom. The molecule has 5 heteroatoms. The Hall–Kier alpha value is -2.30. The van der Waals surface area contributed by atoms with Crippen molar-refractivity contribution in [3.05, 3.63) is 42.0 Å². The maximum atomic E-state index is 12.5. The van der Waals surface area contributed by atoms with Crippen molar-refractivity contribution in [2.75, 3.05) is 18.5 Å². The number of nitrogens with zero attached hydrogens (tertiary/aromatic N) is 2. The van der Waals surface area contributed by atoms with Crippen molar-refractivity contribution >= 4 is 11.5 Å². The first-order valence-corrected chi connectivity index (χ1v) is 6.82. The fourth-order valence-corrected chi connectivity index (χ4v) is 2.42. The first-order chi connectivity index (χ1) is 9.79. The summed E-state index contributed by atoms with van der Waals surface area (Å²) in [6.07, 6.45) is 3.91. The number of imidazole rings is 1. The highest BCUT2D eigenvalue weighted by atomic mass is 16.5. The second kappa shape index (κ2) is 5.36. The molecule has 2 heterocycles. The predicted octanol–water partition coefficient (Wildman–Crippen LogP) is 2.13. The molecule has 1 aromatic heterocycles. The fraction of sp³-hybridized carbons (Fsp3) is 0.333. The highest BCUT2D eigenvalue weighted by Crippen LogP contribution is 2.31. The Morgan fingerprint density at radius 2 is 2.40 bits per heavy atom. The maximum Gasteiger partial charge on any atom is 0.174 e. The molecule has 0 unspecified atom stereocenters. The summed E-state index contributed by atoms with van der Waals surface area (Å²) in [5.41, 5.74) is 1.52. The maximum absolute atomic E-state index is 12.5. The number of aryl methyl sites for hydroxylation is 1. The summed E-state index contributed by atoms with van der Waals surface area (Å²) in [5.74, 6) is 1.49. The number of anilines is 1. The van der Waals surface area contributed by atoms with Crippen molar-refractivity contribution in [1.82, 2.24) is 9.55 Å². The first kappa shape index (κ1) is 12.7. The molecule has 1 aromatic carbocycles. The van der Waals surface area contributed by atoms with Crippen molar-refractivity contribution in [2.24, 2.45) is 0 Å². The van der Waals surface area contributed by atoms with E-state index in [4.69, 9.17) is 4.74 Å². The molecule has 1 aliphatic heterocycles. The number of nitrogens with one attached hydrogen (secondary N) is 1. The Kier molecular flexibility index (Phi) is 3.41. The molecular weight excluding hydrogens is 254 g/mol. The summed E-state index contributed by atoms with van der Waals surface area (Å²) >= 11 is 0. The molecule has 0 amide bonds. The van der Waals surface area contributed by atoms with Gasteiger partial charge in [-0.2, -0.15) is 0 Å². The molecule has 2 aromatic rings. The van der Waals surface area contributed by atoms with Crippen LogP contribution < -0.4 is 10.1 Å². The van der Waals surface area contributed by atoms with Crippen LogP contribution in [0.3, 0.4) is 0 Å². The molecule has 0 saturated heterocycles. The van der Waals surface area contributed by atoms with Gasteiger partial charge in [-0.05, 0) is 19.1 Å². The molecule has 0 saturated carbocycles. The number of para-hydroxylation sites is 1. The third-order valence-corrected chi connectivity index (χ3v) is 3.44. The predicted molar refractivity (Wildman–Crippen MR) is 76.4 cm³/mol. The Bertz CT molecular complexity index is 634. The van der Waals surface area contributed by atoms with Crippen LogP contribution in [0.15, 0.2) is 30.6 Å². The molecule has 5 nitrogen and oxygen atoms in total. The topological polar surface area (TPSA) is 56.2 Å². The number of rotatable bonds is 4. The monoisotopic (exact) mass is 271 g/mol. The number of ketones is 1. The van der Waals surface area contributed by atoms with Crippen LogP contribution in [0.5, 0.6) is 5.75 Å². The van der Waals surface area contributed by atoms with Gasteiger partial charge >= 0.3 is 0 Å². The summed E-state index contributed by atoms with van der Waals surface area (Å²) in [6.45, 7) is 4.20. The van der Waals surface area contributed by atoms with Crippen molar-refractivity contribution in [3.8, 4) is 5.75 Å². The van der Waals surface area contributed by atoms with E-state index in [1.54, 1.807) is 6.20 Å². The van der Waals surface area contributed by atoms with E-state index in [9.17, 15) is 4.79 Å². The summed E-state index contributed by atoms with van der Waals surface area (Å²) < 4.78 is 7.62. The van der Waals surface area contributed by atoms with E-state index < -0.39 is 0 Å². The van der Waals surface area contributed by atoms with Crippen LogP contribution in [0.25, 0.3) is 0 Å². The number of benzene rings is 1. The van der Waals surface area contributed by atoms with Gasteiger partial charge in [0.05, 0.1) is 17.7 Å². The lowest BCUT2D eigenvalue weighted by molar-refractivity contribution is 0.0986. The largest absolute Gasteiger partial charge is 0.489 e. The van der Waals surface area contributed by atoms with Gasteiger partial charge in [0.25, 0.3) is 0 Å². The van der Waals surface area contributed by atoms with Gasteiger partial charge in [-0.1, -0.05) is 6.07 Å². The van der Waals surface area contributed by atoms with Gasteiger partial charge in [0, 0.05) is 25.5 Å². The van der Waals surface area contributed by atoms with Gasteiger partial charge in [0.2, 0.25) is 0 Å². The van der Waals surface area contributed by atoms with Gasteiger partial charge < -0.3 is 14.6 Å². The normalized spacial score (nSPS) is 13.2. The highest BCUT2D eigenvalue weighted by molar-refractivity contribution is 6.01. The zero-order chi connectivity index (χ0) is 13.9. The molecule has 0 bridgehead atoms. The molecule has 0 atom stereocenters. The van der Waals surface area contributed by atoms with E-state index in [0.717, 1.165) is 24.6 Å². The minimum absolute atomic E-state index is 0.0337. The van der Waals surface area contributed by atoms with Crippen LogP contribution >= 0.6 is 0 Å². The summed E-state index contributed by atoms with van der Waals surface area (Å²) in [5, 5.41) is 3.24. The van der Waals surface area contributed by atoms with Crippen LogP contribution in [-0.4, -0.2) is 28.5 Å². The lowest BCUT2D eigenvalue weighted by Gasteiger charge is -2.21. The first-order valence-electron chi connectivity index (χ1n) is 6.82. The van der Waals surface area contributed by atoms with E-state index in [1.165, 1.54) is 0 Å². The van der Waals surface area contributed by atoms with Crippen molar-refractivity contribution in [2.45, 2.75) is 19.9 Å². The SMILES string of the molecule is CCn1ccnc1CC(=O)c1cccc2c1OCCN2. The second-order valence-electron chi connectivity index (χ2n) is 4.69. The molecule has 0 fully saturated rings. The zero-order valence-electron chi connectivity index (χ0n) is 11.4. The number of hydrogen-bond donors (Lipinski definition) is 1. The van der Waals surface area contributed by atoms with Gasteiger partial charge in [-0.25, -0.2) is 4.98 Å². The smallest absolute Gasteiger partial charge is 0.174 e. The quantitative estimate of drug-likeness (QED) is 0.866. The molecule has 1 N–H and O–H groups in total. The Morgan fingerprint density at radius 1 is 1.50 bits per heavy atom. The van der Waals surface area contributed by atoms with Crippen molar-refractivity contribution in [3.63, 3.8) is 0 Å². The summed E-state index contributed by atoms with van der Waals surface area (Å²) in [4.78, 5) is 16.7. The molecule has 20 heavy (non-hydrogen) atoms. The van der Waals surface area contributed by atoms with Gasteiger partial charge in [0.1, 0.15) is 12.4 Å². The zero-order valence-corrected chi connectivity index (χ0v) is 11.4. The molecule has 0 aliphatic carbocycles. The minimum atomic E-state index is 0.0337. The number of carbonyl (C=O) groups is 1. The van der Waals surface area contributed by atoms with E-state index >= 15 is 0 Å². The summed E-state index contributed by atoms with van der Waals surface area (Å²) in [6, 6.07) is 5.62. The van der Waals surface area contributed by atoms with E-state index in [0.29, 0.717) is 24.3 Å². The summed E-state index contributed by atoms with van der Waals surface area (Å²) in [7, 11) is 0. The number of fused-ring (bicyclic) bond motifs is 1. The van der Waals surface area contributed by atoms with Gasteiger partial charge in [0.15, 0.2) is 11.5 Å². The highest BCUT2D eigenvalue weighted by Gasteiger charge is 2.20. The minimum Gasteiger partial charge on any atom is -0.489 e. The number of Topliss-reactive ketones (excluding diaryl/α,β-unsaturated/α-hetero) is 1. The average molecular weight is 271 g/mol. The molecule has 3 rings (SSSR count). The molecular formula is C15H17N3O2. The molecule has 0 radical (unpaired) electrons. The Labute approximate surface area is 117 Å². The molecule has 0 spiro atoms. The number of hydrogen-bond acceptors (Lipinski definition) is 4. The lowest BCUT2D eigenvalue weighted by Crippen LogP contribution is -2.20. The number of carbonyl (C=O) groups excluding carboxylic acids is 1. The Balaban J connectivity index is 1.88. The lowest BCUT2D eigenvalue weighted by atomic mass is 10.0. The van der Waals surface area contributed by atoms with Crippen molar-refractivity contribution < 1.29 is 9.53 Å². The van der Waals surface area contributed by atoms with Crippen molar-refractivity contribution in [1.29, 1.82) is 0 Å². The number of ether oxygens (including phenoxy) is 1. The third-order valence-electron chi connectivity index (χ3n) is 3.44. The third kappa shape index (κ3) is 2.27. The van der Waals surface area contributed by atoms with Gasteiger partial charge in [-0.3, -0.25) is 4.79 Å². The van der Waals surface area contributed by atoms with E-state index in [1.807, 2.05) is 35.9 Å². The fourth-order valence-electron chi connectivity index (χ4n) is 2.42. The van der Waals surface area contributed by atoms with Crippen LogP contribution in [-0.2, 0) is 13.0 Å². The van der Waals surface area contributed by atoms with Gasteiger partial charge in [-0.15, -0.1) is 0 Å². The van der Waals surface area contributed by atoms with E-state index in [2.05, 4.69) is 10.3 Å².